The Hall–Kier alpha value is 0.354. The van der Waals surface area contributed by atoms with Crippen molar-refractivity contribution in [2.24, 2.45) is 0 Å². The standard InChI is InChI=1S/C12H30N2Si2/c1-7-13(11(3)4)15-9-16(10-15)14(8-2)12(5)6/h11-12,15-16H,7-10H2,1-6H3. The number of nitrogens with zero attached hydrogens (tertiary/aromatic N) is 2. The molecule has 0 unspecified atom stereocenters. The highest BCUT2D eigenvalue weighted by Gasteiger charge is 2.40. The van der Waals surface area contributed by atoms with E-state index in [4.69, 9.17) is 0 Å². The van der Waals surface area contributed by atoms with Crippen molar-refractivity contribution < 1.29 is 0 Å². The summed E-state index contributed by atoms with van der Waals surface area (Å²) in [6.45, 7) is 16.7. The normalized spacial score (nSPS) is 25.9. The summed E-state index contributed by atoms with van der Waals surface area (Å²) in [6.07, 6.45) is 0. The monoisotopic (exact) mass is 258 g/mol. The van der Waals surface area contributed by atoms with Gasteiger partial charge >= 0.3 is 0 Å². The predicted octanol–water partition coefficient (Wildman–Crippen LogP) is 1.99. The van der Waals surface area contributed by atoms with Crippen LogP contribution in [0.2, 0.25) is 11.3 Å². The SMILES string of the molecule is CCN(C(C)C)[SiH]1C[SiH](N(CC)C(C)C)C1. The van der Waals surface area contributed by atoms with Crippen LogP contribution in [0, 0.1) is 0 Å². The second-order valence-corrected chi connectivity index (χ2v) is 13.3. The van der Waals surface area contributed by atoms with Crippen molar-refractivity contribution >= 4 is 17.9 Å². The van der Waals surface area contributed by atoms with Crippen LogP contribution in [-0.2, 0) is 0 Å². The van der Waals surface area contributed by atoms with Gasteiger partial charge in [-0.15, -0.1) is 0 Å². The van der Waals surface area contributed by atoms with Crippen molar-refractivity contribution in [2.75, 3.05) is 13.1 Å². The summed E-state index contributed by atoms with van der Waals surface area (Å²) in [5, 5.41) is 0. The highest BCUT2D eigenvalue weighted by atomic mass is 28.4. The molecule has 4 heteroatoms. The molecular weight excluding hydrogens is 228 g/mol. The molecule has 0 N–H and O–H groups in total. The molecule has 0 aromatic rings. The molecule has 1 saturated heterocycles. The summed E-state index contributed by atoms with van der Waals surface area (Å²) in [5.74, 6) is 0. The maximum absolute atomic E-state index is 2.82. The highest BCUT2D eigenvalue weighted by molar-refractivity contribution is 6.92. The van der Waals surface area contributed by atoms with Gasteiger partial charge < -0.3 is 9.13 Å². The fourth-order valence-corrected chi connectivity index (χ4v) is 14.7. The van der Waals surface area contributed by atoms with Crippen LogP contribution in [-0.4, -0.2) is 52.2 Å². The van der Waals surface area contributed by atoms with Crippen molar-refractivity contribution in [1.82, 2.24) is 9.13 Å². The molecule has 1 fully saturated rings. The topological polar surface area (TPSA) is 6.48 Å². The first-order valence-electron chi connectivity index (χ1n) is 7.02. The molecule has 96 valence electrons. The Labute approximate surface area is 105 Å². The minimum absolute atomic E-state index is 0.489. The van der Waals surface area contributed by atoms with Gasteiger partial charge in [-0.2, -0.15) is 0 Å². The number of hydrogen-bond donors (Lipinski definition) is 0. The molecule has 16 heavy (non-hydrogen) atoms. The lowest BCUT2D eigenvalue weighted by Gasteiger charge is -2.48. The van der Waals surface area contributed by atoms with Crippen LogP contribution in [0.25, 0.3) is 0 Å². The maximum atomic E-state index is 2.82. The smallest absolute Gasteiger partial charge is 0.109 e. The van der Waals surface area contributed by atoms with E-state index in [0.29, 0.717) is 0 Å². The summed E-state index contributed by atoms with van der Waals surface area (Å²) in [5.41, 5.74) is 3.30. The van der Waals surface area contributed by atoms with Crippen molar-refractivity contribution in [2.45, 2.75) is 65.0 Å². The lowest BCUT2D eigenvalue weighted by Crippen LogP contribution is -2.61. The van der Waals surface area contributed by atoms with Gasteiger partial charge in [-0.1, -0.05) is 41.5 Å². The van der Waals surface area contributed by atoms with Gasteiger partial charge in [0.05, 0.1) is 0 Å². The van der Waals surface area contributed by atoms with E-state index >= 15 is 0 Å². The minimum Gasteiger partial charge on any atom is -0.325 e. The van der Waals surface area contributed by atoms with E-state index in [0.717, 1.165) is 12.1 Å². The lowest BCUT2D eigenvalue weighted by molar-refractivity contribution is 0.358. The Morgan fingerprint density at radius 3 is 1.31 bits per heavy atom. The molecule has 1 aliphatic heterocycles. The van der Waals surface area contributed by atoms with Gasteiger partial charge in [0.15, 0.2) is 0 Å². The Balaban J connectivity index is 2.41. The molecule has 0 radical (unpaired) electrons. The third kappa shape index (κ3) is 3.18. The number of hydrogen-bond acceptors (Lipinski definition) is 2. The zero-order chi connectivity index (χ0) is 12.3. The molecule has 0 aromatic heterocycles. The first-order chi connectivity index (χ1) is 7.51. The summed E-state index contributed by atoms with van der Waals surface area (Å²) in [4.78, 5) is 0. The van der Waals surface area contributed by atoms with E-state index in [-0.39, 0.29) is 0 Å². The van der Waals surface area contributed by atoms with Crippen molar-refractivity contribution in [3.8, 4) is 0 Å². The van der Waals surface area contributed by atoms with Gasteiger partial charge in [-0.05, 0) is 36.5 Å². The van der Waals surface area contributed by atoms with Gasteiger partial charge in [-0.25, -0.2) is 0 Å². The molecule has 1 aliphatic rings. The largest absolute Gasteiger partial charge is 0.325 e. The quantitative estimate of drug-likeness (QED) is 0.672. The van der Waals surface area contributed by atoms with Crippen molar-refractivity contribution in [3.63, 3.8) is 0 Å². The van der Waals surface area contributed by atoms with Crippen molar-refractivity contribution in [1.29, 1.82) is 0 Å². The molecular formula is C12H30N2Si2. The molecule has 1 rings (SSSR count). The predicted molar refractivity (Wildman–Crippen MR) is 78.9 cm³/mol. The van der Waals surface area contributed by atoms with Gasteiger partial charge in [0.25, 0.3) is 0 Å². The fraction of sp³-hybridized carbons (Fsp3) is 1.00. The molecule has 0 saturated carbocycles. The Morgan fingerprint density at radius 1 is 0.812 bits per heavy atom. The summed E-state index contributed by atoms with van der Waals surface area (Å²) < 4.78 is 5.63. The first-order valence-corrected chi connectivity index (χ1v) is 11.3. The van der Waals surface area contributed by atoms with Gasteiger partial charge in [0.1, 0.15) is 17.9 Å². The van der Waals surface area contributed by atoms with Gasteiger partial charge in [-0.3, -0.25) is 0 Å². The molecule has 0 aliphatic carbocycles. The van der Waals surface area contributed by atoms with E-state index in [9.17, 15) is 0 Å². The molecule has 1 heterocycles. The third-order valence-electron chi connectivity index (χ3n) is 4.08. The van der Waals surface area contributed by atoms with E-state index in [1.807, 2.05) is 0 Å². The van der Waals surface area contributed by atoms with E-state index < -0.39 is 17.9 Å². The van der Waals surface area contributed by atoms with Crippen LogP contribution in [0.1, 0.15) is 41.5 Å². The second-order valence-electron chi connectivity index (χ2n) is 5.63. The Bertz CT molecular complexity index is 183. The molecule has 0 aromatic carbocycles. The summed E-state index contributed by atoms with van der Waals surface area (Å²) >= 11 is 0. The highest BCUT2D eigenvalue weighted by Crippen LogP contribution is 2.28. The van der Waals surface area contributed by atoms with Crippen LogP contribution in [0.3, 0.4) is 0 Å². The van der Waals surface area contributed by atoms with Gasteiger partial charge in [0, 0.05) is 0 Å². The van der Waals surface area contributed by atoms with Crippen LogP contribution >= 0.6 is 0 Å². The summed E-state index contributed by atoms with van der Waals surface area (Å²) in [7, 11) is -0.979. The minimum atomic E-state index is -0.489. The molecule has 0 amide bonds. The zero-order valence-corrected chi connectivity index (χ0v) is 14.3. The maximum Gasteiger partial charge on any atom is 0.109 e. The number of rotatable bonds is 6. The third-order valence-corrected chi connectivity index (χ3v) is 16.6. The molecule has 2 nitrogen and oxygen atoms in total. The second kappa shape index (κ2) is 6.33. The Morgan fingerprint density at radius 2 is 1.12 bits per heavy atom. The Kier molecular flexibility index (Phi) is 5.70. The fourth-order valence-electron chi connectivity index (χ4n) is 3.19. The van der Waals surface area contributed by atoms with E-state index in [1.54, 1.807) is 11.3 Å². The summed E-state index contributed by atoms with van der Waals surface area (Å²) in [6, 6.07) is 1.57. The molecule has 0 atom stereocenters. The van der Waals surface area contributed by atoms with E-state index in [2.05, 4.69) is 50.7 Å². The lowest BCUT2D eigenvalue weighted by atomic mass is 10.4. The van der Waals surface area contributed by atoms with Crippen LogP contribution in [0.5, 0.6) is 0 Å². The van der Waals surface area contributed by atoms with Gasteiger partial charge in [0.2, 0.25) is 0 Å². The van der Waals surface area contributed by atoms with Crippen LogP contribution < -0.4 is 0 Å². The van der Waals surface area contributed by atoms with Crippen LogP contribution in [0.15, 0.2) is 0 Å². The molecule has 0 bridgehead atoms. The van der Waals surface area contributed by atoms with E-state index in [1.165, 1.54) is 13.1 Å². The first kappa shape index (κ1) is 14.4. The van der Waals surface area contributed by atoms with Crippen LogP contribution in [0.4, 0.5) is 0 Å². The average Bonchev–Trinajstić information content (AvgIpc) is 2.13. The zero-order valence-electron chi connectivity index (χ0n) is 12.0. The average molecular weight is 259 g/mol. The molecule has 0 spiro atoms. The van der Waals surface area contributed by atoms with Crippen molar-refractivity contribution in [3.05, 3.63) is 0 Å².